The van der Waals surface area contributed by atoms with E-state index >= 15 is 0 Å². The van der Waals surface area contributed by atoms with Gasteiger partial charge in [0.05, 0.1) is 22.9 Å². The van der Waals surface area contributed by atoms with E-state index < -0.39 is 5.97 Å². The number of benzene rings is 2. The molecule has 0 saturated carbocycles. The molecule has 0 bridgehead atoms. The average molecular weight is 397 g/mol. The molecule has 0 fully saturated rings. The van der Waals surface area contributed by atoms with Crippen LogP contribution < -0.4 is 4.80 Å². The topological polar surface area (TPSA) is 60.7 Å². The number of carbonyl (C=O) groups excluding carboxylic acids is 2. The van der Waals surface area contributed by atoms with Gasteiger partial charge in [0.15, 0.2) is 4.80 Å². The fourth-order valence-electron chi connectivity index (χ4n) is 2.99. The molecule has 3 aromatic rings. The standard InChI is InChI=1S/C22H24N2O3S/c1-5-12-24-18-11-10-17(14(2)3)13-19(18)28-22(24)23-20(25)15-6-8-16(9-7-15)21(26)27-4/h6-11,13-14H,5,12H2,1-4H3. The molecular formula is C22H24N2O3S. The molecule has 0 N–H and O–H groups in total. The molecule has 6 heteroatoms. The Balaban J connectivity index is 2.03. The van der Waals surface area contributed by atoms with E-state index in [0.717, 1.165) is 23.2 Å². The van der Waals surface area contributed by atoms with Gasteiger partial charge in [0.25, 0.3) is 5.91 Å². The molecule has 0 radical (unpaired) electrons. The minimum atomic E-state index is -0.429. The number of ether oxygens (including phenoxy) is 1. The molecule has 0 atom stereocenters. The number of aromatic nitrogens is 1. The van der Waals surface area contributed by atoms with Gasteiger partial charge in [-0.15, -0.1) is 0 Å². The van der Waals surface area contributed by atoms with Crippen molar-refractivity contribution in [3.8, 4) is 0 Å². The van der Waals surface area contributed by atoms with E-state index in [4.69, 9.17) is 0 Å². The number of fused-ring (bicyclic) bond motifs is 1. The van der Waals surface area contributed by atoms with Crippen LogP contribution in [0.4, 0.5) is 0 Å². The van der Waals surface area contributed by atoms with E-state index in [1.807, 2.05) is 0 Å². The maximum Gasteiger partial charge on any atom is 0.337 e. The van der Waals surface area contributed by atoms with E-state index in [1.54, 1.807) is 24.3 Å². The van der Waals surface area contributed by atoms with Crippen LogP contribution >= 0.6 is 11.3 Å². The second kappa shape index (κ2) is 8.52. The number of methoxy groups -OCH3 is 1. The van der Waals surface area contributed by atoms with Crippen molar-refractivity contribution >= 4 is 33.4 Å². The van der Waals surface area contributed by atoms with Crippen molar-refractivity contribution in [1.29, 1.82) is 0 Å². The van der Waals surface area contributed by atoms with E-state index in [-0.39, 0.29) is 5.91 Å². The van der Waals surface area contributed by atoms with E-state index in [2.05, 4.69) is 53.3 Å². The highest BCUT2D eigenvalue weighted by Gasteiger charge is 2.12. The monoisotopic (exact) mass is 396 g/mol. The summed E-state index contributed by atoms with van der Waals surface area (Å²) in [4.78, 5) is 29.3. The molecule has 1 aromatic heterocycles. The van der Waals surface area contributed by atoms with Crippen molar-refractivity contribution in [1.82, 2.24) is 4.57 Å². The highest BCUT2D eigenvalue weighted by Crippen LogP contribution is 2.24. The molecule has 3 rings (SSSR count). The lowest BCUT2D eigenvalue weighted by Crippen LogP contribution is -2.17. The van der Waals surface area contributed by atoms with Crippen LogP contribution in [-0.2, 0) is 11.3 Å². The molecule has 1 heterocycles. The van der Waals surface area contributed by atoms with Gasteiger partial charge in [0, 0.05) is 12.1 Å². The highest BCUT2D eigenvalue weighted by molar-refractivity contribution is 7.16. The Morgan fingerprint density at radius 3 is 2.39 bits per heavy atom. The number of amides is 1. The number of thiazole rings is 1. The Morgan fingerprint density at radius 2 is 1.79 bits per heavy atom. The molecule has 0 unspecified atom stereocenters. The Kier molecular flexibility index (Phi) is 6.09. The molecule has 0 spiro atoms. The third-order valence-corrected chi connectivity index (χ3v) is 5.61. The number of hydrogen-bond donors (Lipinski definition) is 0. The SMILES string of the molecule is CCCn1c(=NC(=O)c2ccc(C(=O)OC)cc2)sc2cc(C(C)C)ccc21. The molecule has 0 aliphatic rings. The number of rotatable bonds is 5. The van der Waals surface area contributed by atoms with Gasteiger partial charge in [0.1, 0.15) is 0 Å². The van der Waals surface area contributed by atoms with E-state index in [9.17, 15) is 9.59 Å². The van der Waals surface area contributed by atoms with Gasteiger partial charge in [0.2, 0.25) is 0 Å². The smallest absolute Gasteiger partial charge is 0.337 e. The van der Waals surface area contributed by atoms with Crippen LogP contribution in [0.1, 0.15) is 59.4 Å². The van der Waals surface area contributed by atoms with Crippen molar-refractivity contribution in [3.63, 3.8) is 0 Å². The molecule has 146 valence electrons. The van der Waals surface area contributed by atoms with E-state index in [1.165, 1.54) is 24.0 Å². The van der Waals surface area contributed by atoms with Crippen molar-refractivity contribution < 1.29 is 14.3 Å². The molecule has 0 aliphatic heterocycles. The summed E-state index contributed by atoms with van der Waals surface area (Å²) in [6, 6.07) is 12.8. The Labute approximate surface area is 168 Å². The van der Waals surface area contributed by atoms with Gasteiger partial charge in [-0.3, -0.25) is 4.79 Å². The highest BCUT2D eigenvalue weighted by atomic mass is 32.1. The summed E-state index contributed by atoms with van der Waals surface area (Å²) >= 11 is 1.53. The normalized spacial score (nSPS) is 12.0. The zero-order chi connectivity index (χ0) is 20.3. The van der Waals surface area contributed by atoms with Crippen molar-refractivity contribution in [3.05, 3.63) is 64.0 Å². The largest absolute Gasteiger partial charge is 0.465 e. The number of hydrogen-bond acceptors (Lipinski definition) is 4. The van der Waals surface area contributed by atoms with Crippen molar-refractivity contribution in [2.75, 3.05) is 7.11 Å². The van der Waals surface area contributed by atoms with Crippen LogP contribution in [0.2, 0.25) is 0 Å². The second-order valence-corrected chi connectivity index (χ2v) is 7.91. The zero-order valence-corrected chi connectivity index (χ0v) is 17.4. The van der Waals surface area contributed by atoms with Gasteiger partial charge in [-0.05, 0) is 54.3 Å². The van der Waals surface area contributed by atoms with Crippen LogP contribution in [-0.4, -0.2) is 23.6 Å². The van der Waals surface area contributed by atoms with Crippen LogP contribution in [0.15, 0.2) is 47.5 Å². The average Bonchev–Trinajstić information content (AvgIpc) is 3.04. The number of aryl methyl sites for hydroxylation is 1. The summed E-state index contributed by atoms with van der Waals surface area (Å²) in [6.45, 7) is 7.24. The summed E-state index contributed by atoms with van der Waals surface area (Å²) < 4.78 is 7.92. The van der Waals surface area contributed by atoms with Gasteiger partial charge >= 0.3 is 5.97 Å². The molecular weight excluding hydrogens is 372 g/mol. The Hall–Kier alpha value is -2.73. The maximum absolute atomic E-state index is 12.7. The van der Waals surface area contributed by atoms with Crippen LogP contribution in [0, 0.1) is 0 Å². The lowest BCUT2D eigenvalue weighted by molar-refractivity contribution is 0.0600. The first kappa shape index (κ1) is 20.0. The third kappa shape index (κ3) is 4.07. The van der Waals surface area contributed by atoms with Crippen LogP contribution in [0.5, 0.6) is 0 Å². The summed E-state index contributed by atoms with van der Waals surface area (Å²) in [5.41, 5.74) is 3.22. The fraction of sp³-hybridized carbons (Fsp3) is 0.318. The number of nitrogens with zero attached hydrogens (tertiary/aromatic N) is 2. The minimum Gasteiger partial charge on any atom is -0.465 e. The maximum atomic E-state index is 12.7. The number of esters is 1. The third-order valence-electron chi connectivity index (χ3n) is 4.57. The van der Waals surface area contributed by atoms with Crippen molar-refractivity contribution in [2.45, 2.75) is 39.7 Å². The summed E-state index contributed by atoms with van der Waals surface area (Å²) in [5, 5.41) is 0. The van der Waals surface area contributed by atoms with Crippen LogP contribution in [0.3, 0.4) is 0 Å². The van der Waals surface area contributed by atoms with Crippen molar-refractivity contribution in [2.24, 2.45) is 4.99 Å². The van der Waals surface area contributed by atoms with Gasteiger partial charge < -0.3 is 9.30 Å². The molecule has 5 nitrogen and oxygen atoms in total. The predicted molar refractivity (Wildman–Crippen MR) is 112 cm³/mol. The summed E-state index contributed by atoms with van der Waals surface area (Å²) in [5.74, 6) is -0.305. The van der Waals surface area contributed by atoms with Gasteiger partial charge in [-0.1, -0.05) is 38.2 Å². The van der Waals surface area contributed by atoms with Gasteiger partial charge in [-0.25, -0.2) is 4.79 Å². The van der Waals surface area contributed by atoms with Gasteiger partial charge in [-0.2, -0.15) is 4.99 Å². The first-order valence-corrected chi connectivity index (χ1v) is 10.2. The lowest BCUT2D eigenvalue weighted by atomic mass is 10.0. The first-order chi connectivity index (χ1) is 13.4. The number of carbonyl (C=O) groups is 2. The van der Waals surface area contributed by atoms with E-state index in [0.29, 0.717) is 21.8 Å². The molecule has 1 amide bonds. The Bertz CT molecular complexity index is 1080. The quantitative estimate of drug-likeness (QED) is 0.584. The minimum absolute atomic E-state index is 0.322. The molecule has 0 saturated heterocycles. The zero-order valence-electron chi connectivity index (χ0n) is 16.6. The summed E-state index contributed by atoms with van der Waals surface area (Å²) in [6.07, 6.45) is 0.951. The Morgan fingerprint density at radius 1 is 1.11 bits per heavy atom. The molecule has 28 heavy (non-hydrogen) atoms. The fourth-order valence-corrected chi connectivity index (χ4v) is 4.09. The van der Waals surface area contributed by atoms with Crippen LogP contribution in [0.25, 0.3) is 10.2 Å². The predicted octanol–water partition coefficient (Wildman–Crippen LogP) is 4.76. The summed E-state index contributed by atoms with van der Waals surface area (Å²) in [7, 11) is 1.33. The second-order valence-electron chi connectivity index (χ2n) is 6.90. The lowest BCUT2D eigenvalue weighted by Gasteiger charge is -2.06. The first-order valence-electron chi connectivity index (χ1n) is 9.35. The molecule has 2 aromatic carbocycles. The molecule has 0 aliphatic carbocycles.